The molecule has 0 saturated carbocycles. The molecule has 0 spiro atoms. The summed E-state index contributed by atoms with van der Waals surface area (Å²) in [6.45, 7) is 4.90. The standard InChI is InChI=1S/C22H20N4O3S/c1-13-8-10-16(11-9-13)19-23-20-22(25(19)14(2)27)30-21(24-26(20)15(3)28)17-6-5-7-18(12-17)29-4/h5-12H,1-4H3. The molecule has 0 unspecified atom stereocenters. The van der Waals surface area contributed by atoms with Crippen LogP contribution < -0.4 is 9.75 Å². The fourth-order valence-electron chi connectivity index (χ4n) is 3.15. The molecule has 1 amide bonds. The molecule has 0 atom stereocenters. The van der Waals surface area contributed by atoms with Crippen LogP contribution in [0, 0.1) is 6.92 Å². The number of aromatic nitrogens is 2. The Hall–Kier alpha value is -3.39. The van der Waals surface area contributed by atoms with E-state index in [0.29, 0.717) is 27.5 Å². The van der Waals surface area contributed by atoms with E-state index in [1.54, 1.807) is 7.11 Å². The fourth-order valence-corrected chi connectivity index (χ4v) is 4.23. The van der Waals surface area contributed by atoms with Gasteiger partial charge in [0.1, 0.15) is 21.6 Å². The molecule has 1 aliphatic rings. The zero-order valence-electron chi connectivity index (χ0n) is 17.0. The van der Waals surface area contributed by atoms with E-state index in [1.807, 2.05) is 55.5 Å². The topological polar surface area (TPSA) is 76.8 Å². The molecule has 0 aliphatic carbocycles. The van der Waals surface area contributed by atoms with E-state index in [1.165, 1.54) is 35.2 Å². The summed E-state index contributed by atoms with van der Waals surface area (Å²) in [7, 11) is 1.59. The molecular formula is C22H20N4O3S. The molecule has 0 bridgehead atoms. The van der Waals surface area contributed by atoms with Gasteiger partial charge in [-0.15, -0.1) is 0 Å². The number of benzene rings is 2. The van der Waals surface area contributed by atoms with Crippen molar-refractivity contribution < 1.29 is 14.3 Å². The van der Waals surface area contributed by atoms with Gasteiger partial charge in [-0.25, -0.2) is 4.98 Å². The number of thioether (sulfide) groups is 1. The van der Waals surface area contributed by atoms with Crippen LogP contribution in [0.25, 0.3) is 11.4 Å². The number of hydrogen-bond donors (Lipinski definition) is 0. The molecule has 1 aromatic heterocycles. The molecule has 8 heteroatoms. The van der Waals surface area contributed by atoms with Crippen LogP contribution in [0.3, 0.4) is 0 Å². The van der Waals surface area contributed by atoms with Gasteiger partial charge in [0, 0.05) is 25.0 Å². The summed E-state index contributed by atoms with van der Waals surface area (Å²) in [6, 6.07) is 15.1. The third-order valence-corrected chi connectivity index (χ3v) is 5.71. The summed E-state index contributed by atoms with van der Waals surface area (Å²) in [6.07, 6.45) is 0. The maximum absolute atomic E-state index is 12.6. The molecule has 152 valence electrons. The summed E-state index contributed by atoms with van der Waals surface area (Å²) in [5.41, 5.74) is 2.68. The summed E-state index contributed by atoms with van der Waals surface area (Å²) >= 11 is 1.30. The lowest BCUT2D eigenvalue weighted by atomic mass is 10.1. The summed E-state index contributed by atoms with van der Waals surface area (Å²) < 4.78 is 6.84. The lowest BCUT2D eigenvalue weighted by molar-refractivity contribution is -0.116. The summed E-state index contributed by atoms with van der Waals surface area (Å²) in [5.74, 6) is 1.03. The first kappa shape index (κ1) is 19.9. The van der Waals surface area contributed by atoms with Gasteiger partial charge in [-0.3, -0.25) is 14.2 Å². The van der Waals surface area contributed by atoms with Crippen molar-refractivity contribution in [1.82, 2.24) is 9.55 Å². The minimum atomic E-state index is -0.291. The highest BCUT2D eigenvalue weighted by Crippen LogP contribution is 2.41. The minimum absolute atomic E-state index is 0.192. The van der Waals surface area contributed by atoms with Gasteiger partial charge >= 0.3 is 0 Å². The maximum atomic E-state index is 12.6. The molecular weight excluding hydrogens is 400 g/mol. The number of imidazole rings is 1. The first-order valence-electron chi connectivity index (χ1n) is 9.31. The normalized spacial score (nSPS) is 12.9. The number of methoxy groups -OCH3 is 1. The molecule has 0 radical (unpaired) electrons. The number of aryl methyl sites for hydroxylation is 1. The van der Waals surface area contributed by atoms with Crippen LogP contribution in [0.1, 0.15) is 29.8 Å². The number of rotatable bonds is 3. The summed E-state index contributed by atoms with van der Waals surface area (Å²) in [4.78, 5) is 29.6. The fraction of sp³-hybridized carbons (Fsp3) is 0.182. The molecule has 0 saturated heterocycles. The Morgan fingerprint density at radius 3 is 2.37 bits per heavy atom. The molecule has 2 heterocycles. The van der Waals surface area contributed by atoms with Crippen molar-refractivity contribution in [3.8, 4) is 17.1 Å². The van der Waals surface area contributed by atoms with E-state index in [0.717, 1.165) is 16.7 Å². The number of amides is 1. The Morgan fingerprint density at radius 1 is 1.00 bits per heavy atom. The highest BCUT2D eigenvalue weighted by Gasteiger charge is 2.32. The quantitative estimate of drug-likeness (QED) is 0.630. The van der Waals surface area contributed by atoms with Crippen LogP contribution in [0.5, 0.6) is 5.75 Å². The van der Waals surface area contributed by atoms with Gasteiger partial charge in [0.2, 0.25) is 11.8 Å². The molecule has 2 aromatic carbocycles. The van der Waals surface area contributed by atoms with Gasteiger partial charge in [0.05, 0.1) is 7.11 Å². The number of hydrogen-bond acceptors (Lipinski definition) is 6. The average molecular weight is 420 g/mol. The maximum Gasteiger partial charge on any atom is 0.245 e. The van der Waals surface area contributed by atoms with Crippen LogP contribution >= 0.6 is 11.8 Å². The van der Waals surface area contributed by atoms with Crippen molar-refractivity contribution in [3.05, 3.63) is 59.7 Å². The van der Waals surface area contributed by atoms with Crippen molar-refractivity contribution >= 4 is 34.4 Å². The average Bonchev–Trinajstić information content (AvgIpc) is 3.13. The van der Waals surface area contributed by atoms with Gasteiger partial charge < -0.3 is 4.74 Å². The van der Waals surface area contributed by atoms with E-state index in [-0.39, 0.29) is 11.8 Å². The zero-order valence-corrected chi connectivity index (χ0v) is 17.9. The third kappa shape index (κ3) is 3.50. The predicted octanol–water partition coefficient (Wildman–Crippen LogP) is 4.35. The van der Waals surface area contributed by atoms with Gasteiger partial charge in [-0.2, -0.15) is 10.1 Å². The van der Waals surface area contributed by atoms with Gasteiger partial charge in [-0.1, -0.05) is 42.0 Å². The zero-order chi connectivity index (χ0) is 21.4. The Bertz CT molecular complexity index is 1180. The van der Waals surface area contributed by atoms with Crippen molar-refractivity contribution in [2.45, 2.75) is 25.8 Å². The third-order valence-electron chi connectivity index (χ3n) is 4.64. The van der Waals surface area contributed by atoms with E-state index in [4.69, 9.17) is 4.74 Å². The van der Waals surface area contributed by atoms with Crippen LogP contribution in [-0.2, 0) is 4.79 Å². The number of ether oxygens (including phenoxy) is 1. The smallest absolute Gasteiger partial charge is 0.245 e. The largest absolute Gasteiger partial charge is 0.497 e. The van der Waals surface area contributed by atoms with E-state index < -0.39 is 0 Å². The molecule has 30 heavy (non-hydrogen) atoms. The number of nitrogens with zero attached hydrogens (tertiary/aromatic N) is 4. The van der Waals surface area contributed by atoms with Crippen LogP contribution in [0.4, 0.5) is 5.82 Å². The van der Waals surface area contributed by atoms with Gasteiger partial charge in [0.25, 0.3) is 0 Å². The molecule has 1 aliphatic heterocycles. The van der Waals surface area contributed by atoms with Crippen molar-refractivity contribution in [2.24, 2.45) is 5.10 Å². The monoisotopic (exact) mass is 420 g/mol. The summed E-state index contributed by atoms with van der Waals surface area (Å²) in [5, 5.41) is 6.89. The highest BCUT2D eigenvalue weighted by molar-refractivity contribution is 8.14. The number of carbonyl (C=O) groups is 2. The first-order valence-corrected chi connectivity index (χ1v) is 10.1. The highest BCUT2D eigenvalue weighted by atomic mass is 32.2. The predicted molar refractivity (Wildman–Crippen MR) is 117 cm³/mol. The van der Waals surface area contributed by atoms with Crippen LogP contribution in [-0.4, -0.2) is 33.5 Å². The molecule has 0 fully saturated rings. The van der Waals surface area contributed by atoms with Gasteiger partial charge in [0.15, 0.2) is 5.82 Å². The van der Waals surface area contributed by atoms with Crippen molar-refractivity contribution in [3.63, 3.8) is 0 Å². The number of carbonyl (C=O) groups excluding carboxylic acids is 2. The Kier molecular flexibility index (Phi) is 5.17. The molecule has 4 rings (SSSR count). The second-order valence-electron chi connectivity index (χ2n) is 6.85. The van der Waals surface area contributed by atoms with Gasteiger partial charge in [-0.05, 0) is 30.8 Å². The SMILES string of the molecule is COc1cccc(C2=NN(C(C)=O)c3nc(-c4ccc(C)cc4)n(C(C)=O)c3S2)c1. The van der Waals surface area contributed by atoms with Crippen molar-refractivity contribution in [1.29, 1.82) is 0 Å². The second-order valence-corrected chi connectivity index (χ2v) is 7.83. The van der Waals surface area contributed by atoms with E-state index in [9.17, 15) is 9.59 Å². The van der Waals surface area contributed by atoms with E-state index in [2.05, 4.69) is 10.1 Å². The number of hydrazone groups is 1. The van der Waals surface area contributed by atoms with E-state index >= 15 is 0 Å². The Balaban J connectivity index is 1.88. The van der Waals surface area contributed by atoms with Crippen molar-refractivity contribution in [2.75, 3.05) is 12.1 Å². The van der Waals surface area contributed by atoms with Crippen LogP contribution in [0.2, 0.25) is 0 Å². The lowest BCUT2D eigenvalue weighted by Gasteiger charge is -2.21. The number of fused-ring (bicyclic) bond motifs is 1. The minimum Gasteiger partial charge on any atom is -0.497 e. The molecule has 0 N–H and O–H groups in total. The second kappa shape index (κ2) is 7.79. The molecule has 3 aromatic rings. The molecule has 7 nitrogen and oxygen atoms in total. The Labute approximate surface area is 178 Å². The lowest BCUT2D eigenvalue weighted by Crippen LogP contribution is -2.28. The Morgan fingerprint density at radius 2 is 1.73 bits per heavy atom. The van der Waals surface area contributed by atoms with Crippen LogP contribution in [0.15, 0.2) is 58.7 Å². The number of anilines is 1. The first-order chi connectivity index (χ1) is 14.4.